The third-order valence-corrected chi connectivity index (χ3v) is 10.9. The molecule has 12 nitrogen and oxygen atoms in total. The molecule has 1 aromatic carbocycles. The molecule has 296 valence electrons. The van der Waals surface area contributed by atoms with E-state index in [1.54, 1.807) is 44.9 Å². The lowest BCUT2D eigenvalue weighted by Gasteiger charge is -2.41. The quantitative estimate of drug-likeness (QED) is 0.184. The highest BCUT2D eigenvalue weighted by atomic mass is 16.5. The van der Waals surface area contributed by atoms with Gasteiger partial charge in [0.1, 0.15) is 6.04 Å². The summed E-state index contributed by atoms with van der Waals surface area (Å²) in [7, 11) is 8.57. The Morgan fingerprint density at radius 1 is 0.904 bits per heavy atom. The van der Waals surface area contributed by atoms with Gasteiger partial charge in [0.25, 0.3) is 0 Å². The molecule has 1 aliphatic heterocycles. The lowest BCUT2D eigenvalue weighted by atomic mass is 9.89. The van der Waals surface area contributed by atoms with Crippen LogP contribution in [0.5, 0.6) is 0 Å². The van der Waals surface area contributed by atoms with Crippen LogP contribution >= 0.6 is 0 Å². The van der Waals surface area contributed by atoms with E-state index in [2.05, 4.69) is 10.6 Å². The SMILES string of the molecule is CC[C@H](C)[C@@H]([C@@H](CC(=O)N1CCC[C@H]1[C@H](OC)[C@@H](C)C(=O)NC(C)C(O)c1ccccc1)OC)N(C)C(=O)[C@@H](NC(=O)[C@H](C(C)C)N(C)C)C(C)C. The Morgan fingerprint density at radius 2 is 1.52 bits per heavy atom. The molecule has 12 heteroatoms. The number of aliphatic hydroxyl groups is 1. The Morgan fingerprint density at radius 3 is 2.02 bits per heavy atom. The molecule has 4 amide bonds. The van der Waals surface area contributed by atoms with Crippen LogP contribution in [0.4, 0.5) is 0 Å². The number of nitrogens with zero attached hydrogens (tertiary/aromatic N) is 3. The molecule has 3 N–H and O–H groups in total. The van der Waals surface area contributed by atoms with Crippen molar-refractivity contribution in [1.82, 2.24) is 25.3 Å². The number of amides is 4. The lowest BCUT2D eigenvalue weighted by molar-refractivity contribution is -0.148. The molecule has 0 bridgehead atoms. The molecule has 0 radical (unpaired) electrons. The van der Waals surface area contributed by atoms with Crippen molar-refractivity contribution in [3.63, 3.8) is 0 Å². The highest BCUT2D eigenvalue weighted by molar-refractivity contribution is 5.90. The van der Waals surface area contributed by atoms with Crippen molar-refractivity contribution in [3.8, 4) is 0 Å². The van der Waals surface area contributed by atoms with Gasteiger partial charge in [-0.3, -0.25) is 24.1 Å². The minimum atomic E-state index is -0.876. The number of hydrogen-bond donors (Lipinski definition) is 3. The van der Waals surface area contributed by atoms with Crippen LogP contribution in [-0.2, 0) is 28.7 Å². The Labute approximate surface area is 313 Å². The molecule has 2 rings (SSSR count). The molecular formula is C40H69N5O7. The topological polar surface area (TPSA) is 141 Å². The predicted octanol–water partition coefficient (Wildman–Crippen LogP) is 3.87. The number of hydrogen-bond acceptors (Lipinski definition) is 8. The minimum Gasteiger partial charge on any atom is -0.386 e. The van der Waals surface area contributed by atoms with Crippen LogP contribution in [0.1, 0.15) is 92.7 Å². The number of aliphatic hydroxyl groups excluding tert-OH is 1. The van der Waals surface area contributed by atoms with Crippen LogP contribution in [0.2, 0.25) is 0 Å². The molecule has 1 aliphatic rings. The zero-order valence-corrected chi connectivity index (χ0v) is 34.1. The predicted molar refractivity (Wildman–Crippen MR) is 204 cm³/mol. The number of likely N-dealkylation sites (N-methyl/N-ethyl adjacent to an activating group) is 2. The van der Waals surface area contributed by atoms with Crippen LogP contribution in [0.15, 0.2) is 30.3 Å². The van der Waals surface area contributed by atoms with Gasteiger partial charge < -0.3 is 35.0 Å². The maximum absolute atomic E-state index is 14.2. The van der Waals surface area contributed by atoms with E-state index in [9.17, 15) is 24.3 Å². The average molecular weight is 732 g/mol. The number of rotatable bonds is 20. The van der Waals surface area contributed by atoms with Gasteiger partial charge in [0, 0.05) is 27.8 Å². The lowest BCUT2D eigenvalue weighted by Crippen LogP contribution is -2.59. The highest BCUT2D eigenvalue weighted by Crippen LogP contribution is 2.30. The van der Waals surface area contributed by atoms with Gasteiger partial charge in [-0.15, -0.1) is 0 Å². The van der Waals surface area contributed by atoms with Gasteiger partial charge in [-0.05, 0) is 57.2 Å². The zero-order chi connectivity index (χ0) is 39.4. The molecule has 2 unspecified atom stereocenters. The van der Waals surface area contributed by atoms with Crippen molar-refractivity contribution in [3.05, 3.63) is 35.9 Å². The molecule has 0 saturated carbocycles. The first kappa shape index (κ1) is 45.1. The fourth-order valence-corrected chi connectivity index (χ4v) is 7.78. The van der Waals surface area contributed by atoms with Gasteiger partial charge >= 0.3 is 0 Å². The first-order chi connectivity index (χ1) is 24.4. The van der Waals surface area contributed by atoms with Gasteiger partial charge in [-0.25, -0.2) is 0 Å². The fraction of sp³-hybridized carbons (Fsp3) is 0.750. The number of benzene rings is 1. The normalized spacial score (nSPS) is 20.1. The fourth-order valence-electron chi connectivity index (χ4n) is 7.78. The molecule has 10 atom stereocenters. The summed E-state index contributed by atoms with van der Waals surface area (Å²) in [6, 6.07) is 6.72. The summed E-state index contributed by atoms with van der Waals surface area (Å²) in [5.41, 5.74) is 0.711. The largest absolute Gasteiger partial charge is 0.386 e. The van der Waals surface area contributed by atoms with Gasteiger partial charge in [0.2, 0.25) is 23.6 Å². The standard InChI is InChI=1S/C40H69N5O7/c1-14-26(6)35(44(11)40(50)33(24(2)3)42-39(49)34(25(4)5)43(9)10)31(51-12)23-32(46)45-22-18-21-30(45)37(52-13)27(7)38(48)41-28(8)36(47)29-19-16-15-17-20-29/h15-17,19-20,24-28,30-31,33-37,47H,14,18,21-23H2,1-13H3,(H,41,48)(H,42,49)/t26-,27+,28?,30-,31+,33-,34-,35-,36?,37+/m0/s1. The van der Waals surface area contributed by atoms with Gasteiger partial charge in [0.05, 0.1) is 54.8 Å². The van der Waals surface area contributed by atoms with Crippen molar-refractivity contribution in [2.75, 3.05) is 41.9 Å². The Hall–Kier alpha value is -3.06. The van der Waals surface area contributed by atoms with E-state index in [0.29, 0.717) is 18.5 Å². The monoisotopic (exact) mass is 732 g/mol. The first-order valence-electron chi connectivity index (χ1n) is 19.0. The number of methoxy groups -OCH3 is 2. The third kappa shape index (κ3) is 11.5. The van der Waals surface area contributed by atoms with Crippen molar-refractivity contribution < 1.29 is 33.8 Å². The number of carbonyl (C=O) groups excluding carboxylic acids is 4. The van der Waals surface area contributed by atoms with E-state index in [0.717, 1.165) is 12.8 Å². The maximum atomic E-state index is 14.2. The number of nitrogens with one attached hydrogen (secondary N) is 2. The second-order valence-corrected chi connectivity index (χ2v) is 15.6. The van der Waals surface area contributed by atoms with Crippen LogP contribution in [0.25, 0.3) is 0 Å². The molecule has 0 aromatic heterocycles. The third-order valence-electron chi connectivity index (χ3n) is 10.9. The highest BCUT2D eigenvalue weighted by Gasteiger charge is 2.43. The summed E-state index contributed by atoms with van der Waals surface area (Å²) in [5.74, 6) is -1.57. The average Bonchev–Trinajstić information content (AvgIpc) is 3.59. The Bertz CT molecular complexity index is 1270. The summed E-state index contributed by atoms with van der Waals surface area (Å²) < 4.78 is 11.9. The van der Waals surface area contributed by atoms with E-state index in [-0.39, 0.29) is 53.8 Å². The van der Waals surface area contributed by atoms with E-state index in [4.69, 9.17) is 9.47 Å². The first-order valence-corrected chi connectivity index (χ1v) is 19.0. The zero-order valence-electron chi connectivity index (χ0n) is 34.1. The number of carbonyl (C=O) groups is 4. The molecule has 0 aliphatic carbocycles. The van der Waals surface area contributed by atoms with E-state index >= 15 is 0 Å². The summed E-state index contributed by atoms with van der Waals surface area (Å²) in [5, 5.41) is 16.8. The van der Waals surface area contributed by atoms with Gasteiger partial charge in [-0.2, -0.15) is 0 Å². The number of ether oxygens (including phenoxy) is 2. The molecule has 1 saturated heterocycles. The van der Waals surface area contributed by atoms with Crippen LogP contribution in [-0.4, -0.2) is 128 Å². The van der Waals surface area contributed by atoms with E-state index in [1.165, 1.54) is 0 Å². The van der Waals surface area contributed by atoms with Crippen molar-refractivity contribution >= 4 is 23.6 Å². The summed E-state index contributed by atoms with van der Waals surface area (Å²) >= 11 is 0. The molecule has 1 heterocycles. The minimum absolute atomic E-state index is 0.0153. The molecular weight excluding hydrogens is 662 g/mol. The number of likely N-dealkylation sites (tertiary alicyclic amines) is 1. The summed E-state index contributed by atoms with van der Waals surface area (Å²) in [6.45, 7) is 16.0. The van der Waals surface area contributed by atoms with Crippen molar-refractivity contribution in [1.29, 1.82) is 0 Å². The van der Waals surface area contributed by atoms with Crippen LogP contribution in [0, 0.1) is 23.7 Å². The second-order valence-electron chi connectivity index (χ2n) is 15.6. The Balaban J connectivity index is 2.25. The smallest absolute Gasteiger partial charge is 0.245 e. The molecule has 1 aromatic rings. The van der Waals surface area contributed by atoms with Gasteiger partial charge in [0.15, 0.2) is 0 Å². The van der Waals surface area contributed by atoms with Gasteiger partial charge in [-0.1, -0.05) is 85.2 Å². The maximum Gasteiger partial charge on any atom is 0.245 e. The summed E-state index contributed by atoms with van der Waals surface area (Å²) in [4.78, 5) is 60.6. The second kappa shape index (κ2) is 21.0. The van der Waals surface area contributed by atoms with E-state index < -0.39 is 48.4 Å². The summed E-state index contributed by atoms with van der Waals surface area (Å²) in [6.07, 6.45) is 0.148. The molecule has 1 fully saturated rings. The Kier molecular flexibility index (Phi) is 18.2. The van der Waals surface area contributed by atoms with Crippen LogP contribution in [0.3, 0.4) is 0 Å². The van der Waals surface area contributed by atoms with E-state index in [1.807, 2.05) is 90.9 Å². The molecule has 0 spiro atoms. The van der Waals surface area contributed by atoms with Crippen molar-refractivity contribution in [2.45, 2.75) is 130 Å². The molecule has 52 heavy (non-hydrogen) atoms. The van der Waals surface area contributed by atoms with Crippen molar-refractivity contribution in [2.24, 2.45) is 23.7 Å². The van der Waals surface area contributed by atoms with Crippen LogP contribution < -0.4 is 10.6 Å².